The van der Waals surface area contributed by atoms with Gasteiger partial charge in [0, 0.05) is 5.33 Å². The van der Waals surface area contributed by atoms with Crippen LogP contribution in [-0.4, -0.2) is 11.6 Å². The summed E-state index contributed by atoms with van der Waals surface area (Å²) in [5, 5.41) is 0.794. The molecular weight excluding hydrogens is 268 g/mol. The highest BCUT2D eigenvalue weighted by Gasteiger charge is 2.19. The molecule has 0 aliphatic carbocycles. The third-order valence-corrected chi connectivity index (χ3v) is 2.71. The van der Waals surface area contributed by atoms with E-state index < -0.39 is 5.60 Å². The number of hydrogen-bond donors (Lipinski definition) is 0. The van der Waals surface area contributed by atoms with Crippen LogP contribution in [0.3, 0.4) is 0 Å². The zero-order valence-corrected chi connectivity index (χ0v) is 11.7. The average Bonchev–Trinajstić information content (AvgIpc) is 2.14. The number of carbonyl (C=O) groups is 1. The highest BCUT2D eigenvalue weighted by molar-refractivity contribution is 9.08. The Morgan fingerprint density at radius 2 is 2.00 bits per heavy atom. The number of benzene rings is 1. The van der Waals surface area contributed by atoms with Gasteiger partial charge in [-0.15, -0.1) is 0 Å². The SMILES string of the molecule is Cc1cc(CBr)ccc1C(=O)OC(C)(C)C. The summed E-state index contributed by atoms with van der Waals surface area (Å²) in [6, 6.07) is 5.75. The summed E-state index contributed by atoms with van der Waals surface area (Å²) in [5.74, 6) is -0.258. The topological polar surface area (TPSA) is 26.3 Å². The summed E-state index contributed by atoms with van der Waals surface area (Å²) in [4.78, 5) is 11.8. The molecule has 0 fully saturated rings. The number of carbonyl (C=O) groups excluding carboxylic acids is 1. The average molecular weight is 285 g/mol. The molecule has 0 heterocycles. The van der Waals surface area contributed by atoms with Gasteiger partial charge in [-0.3, -0.25) is 0 Å². The summed E-state index contributed by atoms with van der Waals surface area (Å²) in [7, 11) is 0. The van der Waals surface area contributed by atoms with Gasteiger partial charge in [0.2, 0.25) is 0 Å². The predicted molar refractivity (Wildman–Crippen MR) is 69.0 cm³/mol. The molecule has 0 aromatic heterocycles. The van der Waals surface area contributed by atoms with E-state index in [9.17, 15) is 4.79 Å². The van der Waals surface area contributed by atoms with Gasteiger partial charge in [0.05, 0.1) is 5.56 Å². The van der Waals surface area contributed by atoms with Crippen LogP contribution in [0.4, 0.5) is 0 Å². The van der Waals surface area contributed by atoms with Gasteiger partial charge < -0.3 is 4.74 Å². The minimum absolute atomic E-state index is 0.258. The Kier molecular flexibility index (Phi) is 4.14. The van der Waals surface area contributed by atoms with Gasteiger partial charge in [-0.1, -0.05) is 28.1 Å². The van der Waals surface area contributed by atoms with E-state index in [1.165, 1.54) is 0 Å². The summed E-state index contributed by atoms with van der Waals surface area (Å²) >= 11 is 3.39. The molecule has 16 heavy (non-hydrogen) atoms. The number of esters is 1. The Labute approximate surface area is 105 Å². The maximum atomic E-state index is 11.8. The molecule has 0 spiro atoms. The number of hydrogen-bond acceptors (Lipinski definition) is 2. The standard InChI is InChI=1S/C13H17BrO2/c1-9-7-10(8-14)5-6-11(9)12(15)16-13(2,3)4/h5-7H,8H2,1-4H3. The Bertz CT molecular complexity index is 391. The molecule has 1 aromatic carbocycles. The Morgan fingerprint density at radius 1 is 1.38 bits per heavy atom. The lowest BCUT2D eigenvalue weighted by atomic mass is 10.1. The van der Waals surface area contributed by atoms with Gasteiger partial charge in [-0.2, -0.15) is 0 Å². The van der Waals surface area contributed by atoms with Crippen LogP contribution in [0.5, 0.6) is 0 Å². The summed E-state index contributed by atoms with van der Waals surface area (Å²) in [6.45, 7) is 7.53. The number of rotatable bonds is 2. The van der Waals surface area contributed by atoms with E-state index in [1.807, 2.05) is 45.9 Å². The van der Waals surface area contributed by atoms with E-state index in [2.05, 4.69) is 15.9 Å². The molecule has 0 saturated heterocycles. The van der Waals surface area contributed by atoms with Crippen LogP contribution < -0.4 is 0 Å². The van der Waals surface area contributed by atoms with E-state index in [0.717, 1.165) is 16.5 Å². The fourth-order valence-electron chi connectivity index (χ4n) is 1.37. The highest BCUT2D eigenvalue weighted by Crippen LogP contribution is 2.17. The van der Waals surface area contributed by atoms with E-state index in [-0.39, 0.29) is 5.97 Å². The number of alkyl halides is 1. The minimum Gasteiger partial charge on any atom is -0.456 e. The zero-order chi connectivity index (χ0) is 12.3. The van der Waals surface area contributed by atoms with Crippen LogP contribution in [0.25, 0.3) is 0 Å². The third-order valence-electron chi connectivity index (χ3n) is 2.06. The molecule has 1 aromatic rings. The lowest BCUT2D eigenvalue weighted by molar-refractivity contribution is 0.00688. The Morgan fingerprint density at radius 3 is 2.44 bits per heavy atom. The predicted octanol–water partition coefficient (Wildman–Crippen LogP) is 3.85. The lowest BCUT2D eigenvalue weighted by Crippen LogP contribution is -2.24. The zero-order valence-electron chi connectivity index (χ0n) is 10.1. The van der Waals surface area contributed by atoms with Crippen molar-refractivity contribution in [1.82, 2.24) is 0 Å². The van der Waals surface area contributed by atoms with Crippen molar-refractivity contribution in [2.45, 2.75) is 38.6 Å². The van der Waals surface area contributed by atoms with E-state index in [4.69, 9.17) is 4.74 Å². The van der Waals surface area contributed by atoms with Crippen LogP contribution in [0.2, 0.25) is 0 Å². The summed E-state index contributed by atoms with van der Waals surface area (Å²) in [6.07, 6.45) is 0. The first-order valence-electron chi connectivity index (χ1n) is 5.22. The normalized spacial score (nSPS) is 11.3. The molecule has 0 amide bonds. The molecule has 0 unspecified atom stereocenters. The Balaban J connectivity index is 2.93. The van der Waals surface area contributed by atoms with E-state index in [0.29, 0.717) is 5.56 Å². The fourth-order valence-corrected chi connectivity index (χ4v) is 1.72. The molecular formula is C13H17BrO2. The van der Waals surface area contributed by atoms with E-state index >= 15 is 0 Å². The van der Waals surface area contributed by atoms with Crippen molar-refractivity contribution in [2.24, 2.45) is 0 Å². The maximum Gasteiger partial charge on any atom is 0.338 e. The van der Waals surface area contributed by atoms with Gasteiger partial charge in [-0.25, -0.2) is 4.79 Å². The Hall–Kier alpha value is -0.830. The molecule has 88 valence electrons. The number of halogens is 1. The number of aryl methyl sites for hydroxylation is 1. The van der Waals surface area contributed by atoms with Gasteiger partial charge in [0.1, 0.15) is 5.60 Å². The molecule has 0 bridgehead atoms. The second kappa shape index (κ2) is 5.00. The van der Waals surface area contributed by atoms with Crippen molar-refractivity contribution in [1.29, 1.82) is 0 Å². The van der Waals surface area contributed by atoms with Crippen molar-refractivity contribution >= 4 is 21.9 Å². The van der Waals surface area contributed by atoms with Crippen LogP contribution in [0.1, 0.15) is 42.3 Å². The van der Waals surface area contributed by atoms with Crippen LogP contribution >= 0.6 is 15.9 Å². The highest BCUT2D eigenvalue weighted by atomic mass is 79.9. The van der Waals surface area contributed by atoms with Crippen LogP contribution in [0.15, 0.2) is 18.2 Å². The van der Waals surface area contributed by atoms with Crippen molar-refractivity contribution in [3.05, 3.63) is 34.9 Å². The monoisotopic (exact) mass is 284 g/mol. The molecule has 0 aliphatic rings. The number of ether oxygens (including phenoxy) is 1. The second-order valence-electron chi connectivity index (χ2n) is 4.78. The van der Waals surface area contributed by atoms with Gasteiger partial charge >= 0.3 is 5.97 Å². The van der Waals surface area contributed by atoms with Crippen LogP contribution in [0, 0.1) is 6.92 Å². The molecule has 0 atom stereocenters. The fraction of sp³-hybridized carbons (Fsp3) is 0.462. The second-order valence-corrected chi connectivity index (χ2v) is 5.35. The largest absolute Gasteiger partial charge is 0.456 e. The van der Waals surface area contributed by atoms with Gasteiger partial charge in [-0.05, 0) is 44.9 Å². The van der Waals surface area contributed by atoms with E-state index in [1.54, 1.807) is 0 Å². The molecule has 1 rings (SSSR count). The molecule has 2 nitrogen and oxygen atoms in total. The molecule has 3 heteroatoms. The van der Waals surface area contributed by atoms with Crippen molar-refractivity contribution in [3.63, 3.8) is 0 Å². The van der Waals surface area contributed by atoms with Crippen molar-refractivity contribution in [2.75, 3.05) is 0 Å². The van der Waals surface area contributed by atoms with Gasteiger partial charge in [0.25, 0.3) is 0 Å². The molecule has 0 radical (unpaired) electrons. The molecule has 0 aliphatic heterocycles. The summed E-state index contributed by atoms with van der Waals surface area (Å²) in [5.41, 5.74) is 2.30. The third kappa shape index (κ3) is 3.63. The first-order chi connectivity index (χ1) is 7.33. The lowest BCUT2D eigenvalue weighted by Gasteiger charge is -2.20. The quantitative estimate of drug-likeness (QED) is 0.609. The van der Waals surface area contributed by atoms with Crippen LogP contribution in [-0.2, 0) is 10.1 Å². The van der Waals surface area contributed by atoms with Crippen molar-refractivity contribution in [3.8, 4) is 0 Å². The molecule has 0 N–H and O–H groups in total. The smallest absolute Gasteiger partial charge is 0.338 e. The minimum atomic E-state index is -0.447. The van der Waals surface area contributed by atoms with Gasteiger partial charge in [0.15, 0.2) is 0 Å². The maximum absolute atomic E-state index is 11.8. The first kappa shape index (κ1) is 13.2. The summed E-state index contributed by atoms with van der Waals surface area (Å²) < 4.78 is 5.33. The first-order valence-corrected chi connectivity index (χ1v) is 6.34. The molecule has 0 saturated carbocycles. The van der Waals surface area contributed by atoms with Crippen molar-refractivity contribution < 1.29 is 9.53 Å².